The van der Waals surface area contributed by atoms with Crippen molar-refractivity contribution in [3.63, 3.8) is 0 Å². The van der Waals surface area contributed by atoms with Crippen molar-refractivity contribution in [3.05, 3.63) is 82.3 Å². The van der Waals surface area contributed by atoms with Crippen molar-refractivity contribution in [1.29, 1.82) is 5.26 Å². The van der Waals surface area contributed by atoms with E-state index in [2.05, 4.69) is 9.71 Å². The number of amidine groups is 1. The number of sulfonamides is 1. The summed E-state index contributed by atoms with van der Waals surface area (Å²) in [5.41, 5.74) is 0.856. The summed E-state index contributed by atoms with van der Waals surface area (Å²) in [5, 5.41) is 13.2. The highest BCUT2D eigenvalue weighted by atomic mass is 35.5. The van der Waals surface area contributed by atoms with Gasteiger partial charge in [0.25, 0.3) is 10.0 Å². The number of ether oxygens (including phenoxy) is 1. The lowest BCUT2D eigenvalue weighted by molar-refractivity contribution is 0.480. The lowest BCUT2D eigenvalue weighted by Crippen LogP contribution is -2.11. The first kappa shape index (κ1) is 23.0. The minimum absolute atomic E-state index is 0.00379. The molecule has 0 bridgehead atoms. The van der Waals surface area contributed by atoms with Gasteiger partial charge in [0.1, 0.15) is 23.1 Å². The van der Waals surface area contributed by atoms with Crippen molar-refractivity contribution in [3.8, 4) is 17.6 Å². The number of halogens is 2. The number of anilines is 1. The maximum Gasteiger partial charge on any atom is 0.284 e. The second-order valence-electron chi connectivity index (χ2n) is 6.01. The lowest BCUT2D eigenvalue weighted by Gasteiger charge is -2.10. The van der Waals surface area contributed by atoms with Gasteiger partial charge in [0.2, 0.25) is 0 Å². The number of nitrogens with one attached hydrogen (secondary N) is 1. The average molecular weight is 492 g/mol. The summed E-state index contributed by atoms with van der Waals surface area (Å²) >= 11 is 13.0. The van der Waals surface area contributed by atoms with E-state index in [0.29, 0.717) is 16.5 Å². The Balaban J connectivity index is 1.80. The number of hydrogen-bond donors (Lipinski definition) is 1. The van der Waals surface area contributed by atoms with Gasteiger partial charge in [0.15, 0.2) is 5.17 Å². The topological polar surface area (TPSA) is 91.6 Å². The molecule has 1 N–H and O–H groups in total. The molecule has 6 nitrogen and oxygen atoms in total. The van der Waals surface area contributed by atoms with E-state index < -0.39 is 10.0 Å². The van der Waals surface area contributed by atoms with Crippen molar-refractivity contribution >= 4 is 55.8 Å². The molecule has 0 aliphatic carbocycles. The molecule has 0 aromatic heterocycles. The molecule has 0 aliphatic rings. The molecule has 0 amide bonds. The molecule has 3 aromatic carbocycles. The predicted octanol–water partition coefficient (Wildman–Crippen LogP) is 6.18. The molecule has 0 fully saturated rings. The number of thioether (sulfide) groups is 1. The third kappa shape index (κ3) is 5.93. The Bertz CT molecular complexity index is 1250. The van der Waals surface area contributed by atoms with Crippen LogP contribution in [0.15, 0.2) is 76.0 Å². The number of hydrogen-bond acceptors (Lipinski definition) is 5. The van der Waals surface area contributed by atoms with Crippen molar-refractivity contribution in [2.45, 2.75) is 4.90 Å². The second-order valence-corrected chi connectivity index (χ2v) is 9.25. The minimum Gasteiger partial charge on any atom is -0.456 e. The first-order chi connectivity index (χ1) is 14.8. The maximum atomic E-state index is 12.7. The van der Waals surface area contributed by atoms with Crippen LogP contribution in [0.25, 0.3) is 0 Å². The molecule has 0 heterocycles. The van der Waals surface area contributed by atoms with E-state index in [1.807, 2.05) is 6.07 Å². The van der Waals surface area contributed by atoms with E-state index >= 15 is 0 Å². The van der Waals surface area contributed by atoms with Crippen LogP contribution in [0.4, 0.5) is 5.69 Å². The fraction of sp³-hybridized carbons (Fsp3) is 0.0476. The molecule has 0 unspecified atom stereocenters. The summed E-state index contributed by atoms with van der Waals surface area (Å²) in [7, 11) is -3.96. The number of benzene rings is 3. The number of nitriles is 1. The zero-order valence-electron chi connectivity index (χ0n) is 16.0. The van der Waals surface area contributed by atoms with Gasteiger partial charge >= 0.3 is 0 Å². The molecular formula is C21H15Cl2N3O3S2. The Morgan fingerprint density at radius 3 is 2.35 bits per heavy atom. The fourth-order valence-electron chi connectivity index (χ4n) is 2.43. The smallest absolute Gasteiger partial charge is 0.284 e. The Kier molecular flexibility index (Phi) is 7.46. The first-order valence-corrected chi connectivity index (χ1v) is 12.1. The molecule has 3 aromatic rings. The van der Waals surface area contributed by atoms with E-state index in [1.54, 1.807) is 48.7 Å². The Labute approximate surface area is 194 Å². The van der Waals surface area contributed by atoms with Gasteiger partial charge in [-0.3, -0.25) is 0 Å². The normalized spacial score (nSPS) is 11.6. The van der Waals surface area contributed by atoms with Gasteiger partial charge in [-0.2, -0.15) is 13.7 Å². The molecule has 0 spiro atoms. The molecule has 158 valence electrons. The molecule has 0 saturated carbocycles. The second kappa shape index (κ2) is 10.1. The molecule has 0 radical (unpaired) electrons. The van der Waals surface area contributed by atoms with Crippen molar-refractivity contribution < 1.29 is 13.2 Å². The zero-order chi connectivity index (χ0) is 22.4. The van der Waals surface area contributed by atoms with Gasteiger partial charge in [-0.15, -0.1) is 4.40 Å². The van der Waals surface area contributed by atoms with Crippen LogP contribution in [0.2, 0.25) is 10.0 Å². The van der Waals surface area contributed by atoms with Crippen LogP contribution < -0.4 is 10.1 Å². The van der Waals surface area contributed by atoms with E-state index in [-0.39, 0.29) is 26.4 Å². The SMILES string of the molecule is CS/C(=N\S(=O)(=O)c1ccc(Oc2cccc(Cl)c2C#N)cc1)Nc1ccc(Cl)cc1. The summed E-state index contributed by atoms with van der Waals surface area (Å²) in [6.07, 6.45) is 1.71. The van der Waals surface area contributed by atoms with E-state index in [9.17, 15) is 13.7 Å². The summed E-state index contributed by atoms with van der Waals surface area (Å²) in [6, 6.07) is 19.4. The van der Waals surface area contributed by atoms with E-state index in [4.69, 9.17) is 27.9 Å². The summed E-state index contributed by atoms with van der Waals surface area (Å²) in [4.78, 5) is -0.00379. The third-order valence-electron chi connectivity index (χ3n) is 3.93. The summed E-state index contributed by atoms with van der Waals surface area (Å²) in [6.45, 7) is 0. The van der Waals surface area contributed by atoms with Crippen molar-refractivity contribution in [1.82, 2.24) is 0 Å². The lowest BCUT2D eigenvalue weighted by atomic mass is 10.2. The molecule has 0 aliphatic heterocycles. The Morgan fingerprint density at radius 2 is 1.74 bits per heavy atom. The molecule has 31 heavy (non-hydrogen) atoms. The van der Waals surface area contributed by atoms with Crippen LogP contribution in [0.1, 0.15) is 5.56 Å². The average Bonchev–Trinajstić information content (AvgIpc) is 2.75. The quantitative estimate of drug-likeness (QED) is 0.338. The fourth-order valence-corrected chi connectivity index (χ4v) is 4.43. The van der Waals surface area contributed by atoms with E-state index in [1.165, 1.54) is 24.3 Å². The molecule has 0 atom stereocenters. The van der Waals surface area contributed by atoms with Crippen LogP contribution in [-0.4, -0.2) is 19.8 Å². The molecular weight excluding hydrogens is 477 g/mol. The Morgan fingerprint density at radius 1 is 1.06 bits per heavy atom. The van der Waals surface area contributed by atoms with Crippen LogP contribution in [0, 0.1) is 11.3 Å². The summed E-state index contributed by atoms with van der Waals surface area (Å²) in [5.74, 6) is 0.631. The van der Waals surface area contributed by atoms with Gasteiger partial charge in [-0.1, -0.05) is 41.0 Å². The Hall–Kier alpha value is -2.70. The molecule has 10 heteroatoms. The van der Waals surface area contributed by atoms with Gasteiger partial charge in [0, 0.05) is 10.7 Å². The summed E-state index contributed by atoms with van der Waals surface area (Å²) < 4.78 is 34.9. The highest BCUT2D eigenvalue weighted by molar-refractivity contribution is 8.14. The van der Waals surface area contributed by atoms with Crippen molar-refractivity contribution in [2.24, 2.45) is 4.40 Å². The highest BCUT2D eigenvalue weighted by Crippen LogP contribution is 2.30. The van der Waals surface area contributed by atoms with E-state index in [0.717, 1.165) is 11.8 Å². The van der Waals surface area contributed by atoms with Crippen molar-refractivity contribution in [2.75, 3.05) is 11.6 Å². The highest BCUT2D eigenvalue weighted by Gasteiger charge is 2.16. The van der Waals surface area contributed by atoms with Gasteiger partial charge < -0.3 is 10.1 Å². The van der Waals surface area contributed by atoms with Gasteiger partial charge in [0.05, 0.1) is 9.92 Å². The van der Waals surface area contributed by atoms with Gasteiger partial charge in [-0.25, -0.2) is 0 Å². The third-order valence-corrected chi connectivity index (χ3v) is 6.48. The minimum atomic E-state index is -3.96. The van der Waals surface area contributed by atoms with Crippen LogP contribution >= 0.6 is 35.0 Å². The first-order valence-electron chi connectivity index (χ1n) is 8.70. The van der Waals surface area contributed by atoms with Gasteiger partial charge in [-0.05, 0) is 66.9 Å². The van der Waals surface area contributed by atoms with Crippen LogP contribution in [-0.2, 0) is 10.0 Å². The number of rotatable bonds is 5. The largest absolute Gasteiger partial charge is 0.456 e. The zero-order valence-corrected chi connectivity index (χ0v) is 19.2. The van der Waals surface area contributed by atoms with Crippen LogP contribution in [0.3, 0.4) is 0 Å². The van der Waals surface area contributed by atoms with Crippen LogP contribution in [0.5, 0.6) is 11.5 Å². The number of nitrogens with zero attached hydrogens (tertiary/aromatic N) is 2. The maximum absolute atomic E-state index is 12.7. The standard InChI is InChI=1S/C21H15Cl2N3O3S2/c1-30-21(25-15-7-5-14(22)6-8-15)26-31(27,28)17-11-9-16(10-12-17)29-20-4-2-3-19(23)18(20)13-24/h2-12H,1H3,(H,25,26). The molecule has 3 rings (SSSR count). The monoisotopic (exact) mass is 491 g/mol. The molecule has 0 saturated heterocycles. The predicted molar refractivity (Wildman–Crippen MR) is 126 cm³/mol.